The zero-order valence-corrected chi connectivity index (χ0v) is 10.8. The zero-order chi connectivity index (χ0) is 14.0. The Labute approximate surface area is 111 Å². The van der Waals surface area contributed by atoms with Crippen LogP contribution in [-0.4, -0.2) is 22.6 Å². The summed E-state index contributed by atoms with van der Waals surface area (Å²) in [5.41, 5.74) is -0.207. The molecular formula is C15H16O4. The highest BCUT2D eigenvalue weighted by Crippen LogP contribution is 2.40. The van der Waals surface area contributed by atoms with Crippen LogP contribution in [0.25, 0.3) is 0 Å². The van der Waals surface area contributed by atoms with E-state index in [4.69, 9.17) is 0 Å². The van der Waals surface area contributed by atoms with E-state index in [0.29, 0.717) is 12.0 Å². The molecule has 0 saturated carbocycles. The van der Waals surface area contributed by atoms with Crippen LogP contribution in [0.15, 0.2) is 24.3 Å². The first-order valence-corrected chi connectivity index (χ1v) is 6.39. The minimum absolute atomic E-state index is 0.00983. The molecule has 2 rings (SSSR count). The fraction of sp³-hybridized carbons (Fsp3) is 0.400. The Morgan fingerprint density at radius 1 is 1.32 bits per heavy atom. The molecule has 0 amide bonds. The third-order valence-electron chi connectivity index (χ3n) is 3.82. The zero-order valence-electron chi connectivity index (χ0n) is 10.8. The minimum atomic E-state index is -1.45. The Bertz CT molecular complexity index is 547. The van der Waals surface area contributed by atoms with Crippen molar-refractivity contribution in [2.24, 2.45) is 5.41 Å². The van der Waals surface area contributed by atoms with Gasteiger partial charge in [-0.05, 0) is 18.4 Å². The average molecular weight is 260 g/mol. The molecule has 1 atom stereocenters. The molecule has 0 saturated heterocycles. The highest BCUT2D eigenvalue weighted by atomic mass is 16.4. The van der Waals surface area contributed by atoms with Crippen molar-refractivity contribution in [3.05, 3.63) is 35.4 Å². The van der Waals surface area contributed by atoms with Crippen LogP contribution in [0.2, 0.25) is 0 Å². The normalized spacial score (nSPS) is 21.2. The first kappa shape index (κ1) is 13.5. The molecular weight excluding hydrogens is 244 g/mol. The number of hydrogen-bond donors (Lipinski definition) is 1. The van der Waals surface area contributed by atoms with Gasteiger partial charge in [0.1, 0.15) is 11.2 Å². The average Bonchev–Trinajstić information content (AvgIpc) is 2.71. The second kappa shape index (κ2) is 4.96. The summed E-state index contributed by atoms with van der Waals surface area (Å²) >= 11 is 0. The number of aliphatic carboxylic acids is 1. The van der Waals surface area contributed by atoms with E-state index in [1.807, 2.05) is 0 Å². The van der Waals surface area contributed by atoms with Crippen LogP contribution in [0.1, 0.15) is 42.1 Å². The smallest absolute Gasteiger partial charge is 0.317 e. The van der Waals surface area contributed by atoms with Crippen molar-refractivity contribution in [2.75, 3.05) is 0 Å². The summed E-state index contributed by atoms with van der Waals surface area (Å²) in [6.45, 7) is 1.74. The van der Waals surface area contributed by atoms with Gasteiger partial charge in [0.25, 0.3) is 0 Å². The molecule has 0 fully saturated rings. The summed E-state index contributed by atoms with van der Waals surface area (Å²) in [6.07, 6.45) is 0.788. The van der Waals surface area contributed by atoms with E-state index in [1.165, 1.54) is 0 Å². The number of carbonyl (C=O) groups excluding carboxylic acids is 2. The van der Waals surface area contributed by atoms with Crippen molar-refractivity contribution in [1.82, 2.24) is 0 Å². The molecule has 0 bridgehead atoms. The largest absolute Gasteiger partial charge is 0.480 e. The first-order chi connectivity index (χ1) is 9.01. The molecule has 19 heavy (non-hydrogen) atoms. The summed E-state index contributed by atoms with van der Waals surface area (Å²) in [5, 5.41) is 9.46. The maximum absolute atomic E-state index is 12.4. The lowest BCUT2D eigenvalue weighted by Gasteiger charge is -2.21. The van der Waals surface area contributed by atoms with Gasteiger partial charge in [0, 0.05) is 18.4 Å². The predicted molar refractivity (Wildman–Crippen MR) is 69.1 cm³/mol. The molecule has 1 aromatic carbocycles. The van der Waals surface area contributed by atoms with Gasteiger partial charge in [-0.2, -0.15) is 0 Å². The number of benzene rings is 1. The Balaban J connectivity index is 2.31. The van der Waals surface area contributed by atoms with E-state index < -0.39 is 11.4 Å². The number of carbonyl (C=O) groups is 3. The molecule has 4 heteroatoms. The Morgan fingerprint density at radius 3 is 2.58 bits per heavy atom. The Kier molecular flexibility index (Phi) is 3.51. The lowest BCUT2D eigenvalue weighted by atomic mass is 9.78. The molecule has 1 aliphatic rings. The SMILES string of the molecule is CCC(=O)CCC1(C(=O)O)Cc2ccccc2C1=O. The number of Topliss-reactive ketones (excluding diaryl/α,β-unsaturated/α-hetero) is 2. The van der Waals surface area contributed by atoms with E-state index in [-0.39, 0.29) is 30.8 Å². The molecule has 0 aliphatic heterocycles. The number of rotatable bonds is 5. The van der Waals surface area contributed by atoms with Crippen LogP contribution in [0, 0.1) is 5.41 Å². The number of carboxylic acids is 1. The predicted octanol–water partition coefficient (Wildman–Crippen LogP) is 2.26. The molecule has 0 aromatic heterocycles. The third-order valence-corrected chi connectivity index (χ3v) is 3.82. The number of ketones is 2. The maximum atomic E-state index is 12.4. The van der Waals surface area contributed by atoms with Gasteiger partial charge in [-0.25, -0.2) is 0 Å². The third kappa shape index (κ3) is 2.18. The molecule has 0 spiro atoms. The molecule has 1 aromatic rings. The molecule has 1 aliphatic carbocycles. The summed E-state index contributed by atoms with van der Waals surface area (Å²) in [6, 6.07) is 6.96. The molecule has 100 valence electrons. The molecule has 0 heterocycles. The topological polar surface area (TPSA) is 71.4 Å². The van der Waals surface area contributed by atoms with E-state index in [0.717, 1.165) is 5.56 Å². The Hall–Kier alpha value is -1.97. The highest BCUT2D eigenvalue weighted by molar-refractivity contribution is 6.15. The van der Waals surface area contributed by atoms with E-state index >= 15 is 0 Å². The van der Waals surface area contributed by atoms with Crippen LogP contribution in [0.3, 0.4) is 0 Å². The van der Waals surface area contributed by atoms with Gasteiger partial charge in [-0.3, -0.25) is 14.4 Å². The Morgan fingerprint density at radius 2 is 2.00 bits per heavy atom. The van der Waals surface area contributed by atoms with E-state index in [9.17, 15) is 19.5 Å². The first-order valence-electron chi connectivity index (χ1n) is 6.39. The van der Waals surface area contributed by atoms with Crippen molar-refractivity contribution in [3.63, 3.8) is 0 Å². The van der Waals surface area contributed by atoms with Crippen LogP contribution >= 0.6 is 0 Å². The maximum Gasteiger partial charge on any atom is 0.317 e. The van der Waals surface area contributed by atoms with Gasteiger partial charge in [0.2, 0.25) is 0 Å². The molecule has 0 radical (unpaired) electrons. The number of carboxylic acid groups (broad SMARTS) is 1. The van der Waals surface area contributed by atoms with Gasteiger partial charge >= 0.3 is 5.97 Å². The van der Waals surface area contributed by atoms with Crippen molar-refractivity contribution in [1.29, 1.82) is 0 Å². The van der Waals surface area contributed by atoms with E-state index in [2.05, 4.69) is 0 Å². The monoisotopic (exact) mass is 260 g/mol. The fourth-order valence-corrected chi connectivity index (χ4v) is 2.57. The summed E-state index contributed by atoms with van der Waals surface area (Å²) in [5.74, 6) is -1.50. The minimum Gasteiger partial charge on any atom is -0.480 e. The standard InChI is InChI=1S/C15H16O4/c1-2-11(16)7-8-15(14(18)19)9-10-5-3-4-6-12(10)13(15)17/h3-6H,2,7-9H2,1H3,(H,18,19). The summed E-state index contributed by atoms with van der Waals surface area (Å²) in [4.78, 5) is 35.3. The van der Waals surface area contributed by atoms with Crippen LogP contribution in [-0.2, 0) is 16.0 Å². The second-order valence-electron chi connectivity index (χ2n) is 4.94. The van der Waals surface area contributed by atoms with Gasteiger partial charge < -0.3 is 5.11 Å². The highest BCUT2D eigenvalue weighted by Gasteiger charge is 2.51. The second-order valence-corrected chi connectivity index (χ2v) is 4.94. The van der Waals surface area contributed by atoms with Gasteiger partial charge in [0.05, 0.1) is 0 Å². The van der Waals surface area contributed by atoms with Gasteiger partial charge in [0.15, 0.2) is 5.78 Å². The van der Waals surface area contributed by atoms with Crippen LogP contribution in [0.4, 0.5) is 0 Å². The van der Waals surface area contributed by atoms with Crippen LogP contribution in [0.5, 0.6) is 0 Å². The lowest BCUT2D eigenvalue weighted by molar-refractivity contribution is -0.146. The van der Waals surface area contributed by atoms with Crippen LogP contribution < -0.4 is 0 Å². The van der Waals surface area contributed by atoms with E-state index in [1.54, 1.807) is 31.2 Å². The van der Waals surface area contributed by atoms with Gasteiger partial charge in [-0.1, -0.05) is 31.2 Å². The number of fused-ring (bicyclic) bond motifs is 1. The fourth-order valence-electron chi connectivity index (χ4n) is 2.57. The number of hydrogen-bond acceptors (Lipinski definition) is 3. The molecule has 1 N–H and O–H groups in total. The summed E-state index contributed by atoms with van der Waals surface area (Å²) < 4.78 is 0. The van der Waals surface area contributed by atoms with Crippen molar-refractivity contribution >= 4 is 17.5 Å². The van der Waals surface area contributed by atoms with Crippen molar-refractivity contribution < 1.29 is 19.5 Å². The molecule has 4 nitrogen and oxygen atoms in total. The quantitative estimate of drug-likeness (QED) is 0.824. The van der Waals surface area contributed by atoms with Crippen molar-refractivity contribution in [2.45, 2.75) is 32.6 Å². The van der Waals surface area contributed by atoms with Crippen molar-refractivity contribution in [3.8, 4) is 0 Å². The summed E-state index contributed by atoms with van der Waals surface area (Å²) in [7, 11) is 0. The molecule has 1 unspecified atom stereocenters. The lowest BCUT2D eigenvalue weighted by Crippen LogP contribution is -2.37. The van der Waals surface area contributed by atoms with Gasteiger partial charge in [-0.15, -0.1) is 0 Å².